The molecule has 0 aliphatic heterocycles. The number of halogens is 1. The molecule has 2 N–H and O–H groups in total. The molecule has 3 unspecified atom stereocenters. The van der Waals surface area contributed by atoms with Crippen LogP contribution in [0.15, 0.2) is 27.8 Å². The highest BCUT2D eigenvalue weighted by atomic mass is 127. The normalized spacial score (nSPS) is 21.9. The lowest BCUT2D eigenvalue weighted by molar-refractivity contribution is 0.412. The van der Waals surface area contributed by atoms with Crippen LogP contribution in [0.2, 0.25) is 0 Å². The topological polar surface area (TPSA) is 66.6 Å². The zero-order valence-corrected chi connectivity index (χ0v) is 19.3. The van der Waals surface area contributed by atoms with Crippen molar-refractivity contribution < 1.29 is 8.63 Å². The second-order valence-electron chi connectivity index (χ2n) is 7.14. The Morgan fingerprint density at radius 1 is 1.42 bits per heavy atom. The van der Waals surface area contributed by atoms with Gasteiger partial charge in [-0.05, 0) is 37.3 Å². The van der Waals surface area contributed by atoms with Crippen molar-refractivity contribution in [3.8, 4) is 0 Å². The van der Waals surface area contributed by atoms with E-state index < -0.39 is 10.8 Å². The van der Waals surface area contributed by atoms with Gasteiger partial charge in [-0.25, -0.2) is 0 Å². The van der Waals surface area contributed by atoms with Crippen LogP contribution in [0.3, 0.4) is 0 Å². The fraction of sp³-hybridized carbons (Fsp3) is 0.737. The van der Waals surface area contributed by atoms with Crippen LogP contribution in [0.4, 0.5) is 0 Å². The molecule has 0 saturated heterocycles. The SMILES string of the molecule is CCS(=O)C1CCCC(NC(=NCC(C)C)NCCc2ccco2)C1.I. The van der Waals surface area contributed by atoms with Crippen molar-refractivity contribution in [2.75, 3.05) is 18.8 Å². The highest BCUT2D eigenvalue weighted by Crippen LogP contribution is 2.23. The third-order valence-corrected chi connectivity index (χ3v) is 6.22. The Kier molecular flexibility index (Phi) is 11.5. The average molecular weight is 495 g/mol. The largest absolute Gasteiger partial charge is 0.469 e. The summed E-state index contributed by atoms with van der Waals surface area (Å²) in [4.78, 5) is 4.71. The lowest BCUT2D eigenvalue weighted by Gasteiger charge is -2.30. The van der Waals surface area contributed by atoms with E-state index in [2.05, 4.69) is 24.5 Å². The molecule has 3 atom stereocenters. The van der Waals surface area contributed by atoms with E-state index in [9.17, 15) is 4.21 Å². The third-order valence-electron chi connectivity index (χ3n) is 4.48. The van der Waals surface area contributed by atoms with Crippen molar-refractivity contribution in [2.45, 2.75) is 64.2 Å². The minimum atomic E-state index is -0.698. The van der Waals surface area contributed by atoms with Gasteiger partial charge in [0.1, 0.15) is 5.76 Å². The van der Waals surface area contributed by atoms with Gasteiger partial charge in [0.15, 0.2) is 5.96 Å². The molecule has 1 aromatic rings. The van der Waals surface area contributed by atoms with Crippen LogP contribution in [0.5, 0.6) is 0 Å². The predicted molar refractivity (Wildman–Crippen MR) is 121 cm³/mol. The van der Waals surface area contributed by atoms with Crippen molar-refractivity contribution in [1.29, 1.82) is 0 Å². The maximum Gasteiger partial charge on any atom is 0.191 e. The van der Waals surface area contributed by atoms with Crippen LogP contribution in [-0.4, -0.2) is 40.3 Å². The molecule has 5 nitrogen and oxygen atoms in total. The summed E-state index contributed by atoms with van der Waals surface area (Å²) in [7, 11) is -0.698. The Hall–Kier alpha value is -0.570. The maximum absolute atomic E-state index is 12.1. The van der Waals surface area contributed by atoms with Gasteiger partial charge in [0.2, 0.25) is 0 Å². The minimum absolute atomic E-state index is 0. The second kappa shape index (κ2) is 12.8. The number of nitrogens with zero attached hydrogens (tertiary/aromatic N) is 1. The van der Waals surface area contributed by atoms with Crippen molar-refractivity contribution in [2.24, 2.45) is 10.9 Å². The molecule has 1 saturated carbocycles. The summed E-state index contributed by atoms with van der Waals surface area (Å²) in [6.07, 6.45) is 6.86. The summed E-state index contributed by atoms with van der Waals surface area (Å²) in [6.45, 7) is 7.94. The number of nitrogens with one attached hydrogen (secondary N) is 2. The summed E-state index contributed by atoms with van der Waals surface area (Å²) in [6, 6.07) is 4.26. The maximum atomic E-state index is 12.1. The van der Waals surface area contributed by atoms with Crippen LogP contribution in [0, 0.1) is 5.92 Å². The Labute approximate surface area is 177 Å². The Balaban J connectivity index is 0.00000338. The van der Waals surface area contributed by atoms with Crippen LogP contribution >= 0.6 is 24.0 Å². The predicted octanol–water partition coefficient (Wildman–Crippen LogP) is 3.71. The molecule has 0 spiro atoms. The number of furan rings is 1. The molecule has 0 bridgehead atoms. The Bertz CT molecular complexity index is 549. The van der Waals surface area contributed by atoms with Gasteiger partial charge in [-0.3, -0.25) is 9.20 Å². The molecule has 26 heavy (non-hydrogen) atoms. The number of hydrogen-bond donors (Lipinski definition) is 2. The van der Waals surface area contributed by atoms with Crippen LogP contribution in [-0.2, 0) is 17.2 Å². The van der Waals surface area contributed by atoms with Gasteiger partial charge in [0.25, 0.3) is 0 Å². The molecule has 0 amide bonds. The molecule has 1 aliphatic carbocycles. The van der Waals surface area contributed by atoms with Gasteiger partial charge in [-0.2, -0.15) is 0 Å². The molecule has 2 rings (SSSR count). The highest BCUT2D eigenvalue weighted by molar-refractivity contribution is 14.0. The zero-order valence-electron chi connectivity index (χ0n) is 16.2. The van der Waals surface area contributed by atoms with E-state index in [-0.39, 0.29) is 24.0 Å². The number of hydrogen-bond acceptors (Lipinski definition) is 3. The van der Waals surface area contributed by atoms with Crippen molar-refractivity contribution in [3.05, 3.63) is 24.2 Å². The van der Waals surface area contributed by atoms with Crippen LogP contribution in [0.1, 0.15) is 52.2 Å². The standard InChI is InChI=1S/C19H33N3O2S.HI/c1-4-25(23)18-9-5-7-16(13-18)22-19(21-14-15(2)3)20-11-10-17-8-6-12-24-17;/h6,8,12,15-16,18H,4-5,7,9-11,13-14H2,1-3H3,(H2,20,21,22);1H. The number of guanidine groups is 1. The molecular formula is C19H34IN3O2S. The van der Waals surface area contributed by atoms with Gasteiger partial charge >= 0.3 is 0 Å². The lowest BCUT2D eigenvalue weighted by atomic mass is 9.95. The summed E-state index contributed by atoms with van der Waals surface area (Å²) in [5.74, 6) is 3.13. The molecular weight excluding hydrogens is 461 g/mol. The van der Waals surface area contributed by atoms with E-state index in [4.69, 9.17) is 9.41 Å². The summed E-state index contributed by atoms with van der Waals surface area (Å²) >= 11 is 0. The van der Waals surface area contributed by atoms with Gasteiger partial charge in [0.05, 0.1) is 6.26 Å². The van der Waals surface area contributed by atoms with Crippen molar-refractivity contribution in [3.63, 3.8) is 0 Å². The van der Waals surface area contributed by atoms with Gasteiger partial charge in [-0.1, -0.05) is 27.2 Å². The Morgan fingerprint density at radius 3 is 2.88 bits per heavy atom. The van der Waals surface area contributed by atoms with E-state index in [0.717, 1.165) is 62.7 Å². The molecule has 150 valence electrons. The highest BCUT2D eigenvalue weighted by Gasteiger charge is 2.26. The Morgan fingerprint density at radius 2 is 2.23 bits per heavy atom. The van der Waals surface area contributed by atoms with E-state index >= 15 is 0 Å². The van der Waals surface area contributed by atoms with E-state index in [1.165, 1.54) is 0 Å². The number of aliphatic imine (C=N–C) groups is 1. The minimum Gasteiger partial charge on any atom is -0.469 e. The summed E-state index contributed by atoms with van der Waals surface area (Å²) in [5.41, 5.74) is 0. The molecule has 1 fully saturated rings. The van der Waals surface area contributed by atoms with Gasteiger partial charge < -0.3 is 15.1 Å². The lowest BCUT2D eigenvalue weighted by Crippen LogP contribution is -2.47. The first-order valence-electron chi connectivity index (χ1n) is 9.52. The van der Waals surface area contributed by atoms with Gasteiger partial charge in [0, 0.05) is 47.4 Å². The monoisotopic (exact) mass is 495 g/mol. The molecule has 1 aliphatic rings. The first kappa shape index (κ1) is 23.5. The van der Waals surface area contributed by atoms with E-state index in [0.29, 0.717) is 17.2 Å². The smallest absolute Gasteiger partial charge is 0.191 e. The first-order valence-corrected chi connectivity index (χ1v) is 10.9. The quantitative estimate of drug-likeness (QED) is 0.328. The third kappa shape index (κ3) is 8.41. The summed E-state index contributed by atoms with van der Waals surface area (Å²) in [5, 5.41) is 7.32. The number of rotatable bonds is 8. The first-order chi connectivity index (χ1) is 12.1. The van der Waals surface area contributed by atoms with Crippen molar-refractivity contribution >= 4 is 40.7 Å². The van der Waals surface area contributed by atoms with E-state index in [1.807, 2.05) is 19.1 Å². The molecule has 0 radical (unpaired) electrons. The molecule has 7 heteroatoms. The molecule has 0 aromatic carbocycles. The fourth-order valence-corrected chi connectivity index (χ4v) is 4.48. The van der Waals surface area contributed by atoms with Crippen molar-refractivity contribution in [1.82, 2.24) is 10.6 Å². The zero-order chi connectivity index (χ0) is 18.1. The molecule has 1 aromatic heterocycles. The average Bonchev–Trinajstić information content (AvgIpc) is 3.12. The van der Waals surface area contributed by atoms with Gasteiger partial charge in [-0.15, -0.1) is 24.0 Å². The second-order valence-corrected chi connectivity index (χ2v) is 9.14. The fourth-order valence-electron chi connectivity index (χ4n) is 3.13. The van der Waals surface area contributed by atoms with E-state index in [1.54, 1.807) is 6.26 Å². The van der Waals surface area contributed by atoms with Crippen LogP contribution < -0.4 is 10.6 Å². The summed E-state index contributed by atoms with van der Waals surface area (Å²) < 4.78 is 17.5. The molecule has 1 heterocycles. The van der Waals surface area contributed by atoms with Crippen LogP contribution in [0.25, 0.3) is 0 Å².